The summed E-state index contributed by atoms with van der Waals surface area (Å²) in [5, 5.41) is 0. The molecule has 2 fully saturated rings. The Balaban J connectivity index is 1.86. The maximum absolute atomic E-state index is 13.1. The predicted molar refractivity (Wildman–Crippen MR) is 83.9 cm³/mol. The van der Waals surface area contributed by atoms with Gasteiger partial charge in [-0.3, -0.25) is 4.79 Å². The fourth-order valence-corrected chi connectivity index (χ4v) is 4.48. The van der Waals surface area contributed by atoms with Gasteiger partial charge in [0.1, 0.15) is 4.88 Å². The van der Waals surface area contributed by atoms with Gasteiger partial charge in [0.15, 0.2) is 0 Å². The lowest BCUT2D eigenvalue weighted by Crippen LogP contribution is -2.50. The summed E-state index contributed by atoms with van der Waals surface area (Å²) in [7, 11) is 1.74. The van der Waals surface area contributed by atoms with Gasteiger partial charge in [0.25, 0.3) is 5.91 Å². The van der Waals surface area contributed by atoms with Gasteiger partial charge in [-0.15, -0.1) is 11.3 Å². The van der Waals surface area contributed by atoms with Crippen molar-refractivity contribution in [2.45, 2.75) is 56.9 Å². The minimum absolute atomic E-state index is 0.106. The van der Waals surface area contributed by atoms with Crippen molar-refractivity contribution in [3.63, 3.8) is 0 Å². The standard InChI is InChI=1S/C16H24N2O2S/c1-3-7-16(10-20-2)8-4-9-18(16)15(19)14-13(12-5-6-12)17-11-21-14/h11-12H,3-10H2,1-2H3. The van der Waals surface area contributed by atoms with Gasteiger partial charge in [-0.1, -0.05) is 13.3 Å². The van der Waals surface area contributed by atoms with E-state index in [0.29, 0.717) is 12.5 Å². The highest BCUT2D eigenvalue weighted by atomic mass is 32.1. The van der Waals surface area contributed by atoms with Crippen LogP contribution in [0.3, 0.4) is 0 Å². The number of rotatable bonds is 6. The van der Waals surface area contributed by atoms with Crippen LogP contribution in [0.5, 0.6) is 0 Å². The van der Waals surface area contributed by atoms with E-state index in [9.17, 15) is 4.79 Å². The Hall–Kier alpha value is -0.940. The van der Waals surface area contributed by atoms with Crippen molar-refractivity contribution in [2.24, 2.45) is 0 Å². The van der Waals surface area contributed by atoms with Gasteiger partial charge in [0.2, 0.25) is 0 Å². The summed E-state index contributed by atoms with van der Waals surface area (Å²) >= 11 is 1.51. The van der Waals surface area contributed by atoms with E-state index in [2.05, 4.69) is 16.8 Å². The van der Waals surface area contributed by atoms with Crippen LogP contribution in [0.2, 0.25) is 0 Å². The van der Waals surface area contributed by atoms with Crippen LogP contribution in [-0.4, -0.2) is 41.6 Å². The summed E-state index contributed by atoms with van der Waals surface area (Å²) in [5.41, 5.74) is 2.76. The van der Waals surface area contributed by atoms with Crippen LogP contribution in [-0.2, 0) is 4.74 Å². The van der Waals surface area contributed by atoms with E-state index in [1.807, 2.05) is 5.51 Å². The third-order valence-electron chi connectivity index (χ3n) is 4.72. The van der Waals surface area contributed by atoms with Crippen LogP contribution in [0.4, 0.5) is 0 Å². The van der Waals surface area contributed by atoms with Crippen molar-refractivity contribution < 1.29 is 9.53 Å². The zero-order valence-electron chi connectivity index (χ0n) is 12.9. The fourth-order valence-electron chi connectivity index (χ4n) is 3.66. The molecule has 1 aromatic heterocycles. The maximum atomic E-state index is 13.1. The van der Waals surface area contributed by atoms with Gasteiger partial charge in [0.05, 0.1) is 23.4 Å². The summed E-state index contributed by atoms with van der Waals surface area (Å²) in [6, 6.07) is 0. The molecule has 2 aliphatic rings. The second-order valence-electron chi connectivity index (χ2n) is 6.31. The lowest BCUT2D eigenvalue weighted by atomic mass is 9.91. The number of methoxy groups -OCH3 is 1. The van der Waals surface area contributed by atoms with Crippen molar-refractivity contribution in [3.05, 3.63) is 16.1 Å². The quantitative estimate of drug-likeness (QED) is 0.808. The Morgan fingerprint density at radius 2 is 2.38 bits per heavy atom. The van der Waals surface area contributed by atoms with Crippen molar-refractivity contribution in [1.29, 1.82) is 0 Å². The first kappa shape index (κ1) is 15.0. The first-order valence-electron chi connectivity index (χ1n) is 7.96. The maximum Gasteiger partial charge on any atom is 0.266 e. The van der Waals surface area contributed by atoms with Crippen LogP contribution >= 0.6 is 11.3 Å². The first-order valence-corrected chi connectivity index (χ1v) is 8.84. The third kappa shape index (κ3) is 2.73. The molecule has 1 saturated carbocycles. The van der Waals surface area contributed by atoms with Gasteiger partial charge in [-0.05, 0) is 32.1 Å². The van der Waals surface area contributed by atoms with Crippen molar-refractivity contribution >= 4 is 17.2 Å². The first-order chi connectivity index (χ1) is 10.2. The summed E-state index contributed by atoms with van der Waals surface area (Å²) in [6.07, 6.45) is 6.59. The molecule has 1 amide bonds. The minimum atomic E-state index is -0.106. The highest BCUT2D eigenvalue weighted by Gasteiger charge is 2.44. The highest BCUT2D eigenvalue weighted by molar-refractivity contribution is 7.11. The van der Waals surface area contributed by atoms with Crippen molar-refractivity contribution in [3.8, 4) is 0 Å². The number of amides is 1. The van der Waals surface area contributed by atoms with E-state index in [1.165, 1.54) is 24.2 Å². The molecule has 0 N–H and O–H groups in total. The average Bonchev–Trinajstić information content (AvgIpc) is 3.05. The molecule has 1 atom stereocenters. The Morgan fingerprint density at radius 3 is 3.05 bits per heavy atom. The van der Waals surface area contributed by atoms with Gasteiger partial charge in [0, 0.05) is 19.6 Å². The second-order valence-corrected chi connectivity index (χ2v) is 7.16. The highest BCUT2D eigenvalue weighted by Crippen LogP contribution is 2.43. The second kappa shape index (κ2) is 6.05. The molecule has 0 radical (unpaired) electrons. The van der Waals surface area contributed by atoms with E-state index >= 15 is 0 Å². The fraction of sp³-hybridized carbons (Fsp3) is 0.750. The normalized spacial score (nSPS) is 25.5. The molecule has 1 unspecified atom stereocenters. The molecule has 0 aromatic carbocycles. The van der Waals surface area contributed by atoms with Gasteiger partial charge >= 0.3 is 0 Å². The van der Waals surface area contributed by atoms with Crippen LogP contribution in [0.15, 0.2) is 5.51 Å². The molecule has 116 valence electrons. The molecule has 1 aliphatic heterocycles. The van der Waals surface area contributed by atoms with Crippen LogP contribution in [0, 0.1) is 0 Å². The predicted octanol–water partition coefficient (Wildman–Crippen LogP) is 3.44. The van der Waals surface area contributed by atoms with Gasteiger partial charge in [-0.2, -0.15) is 0 Å². The van der Waals surface area contributed by atoms with E-state index in [4.69, 9.17) is 4.74 Å². The Kier molecular flexibility index (Phi) is 4.31. The molecule has 5 heteroatoms. The number of hydrogen-bond acceptors (Lipinski definition) is 4. The monoisotopic (exact) mass is 308 g/mol. The molecule has 4 nitrogen and oxygen atoms in total. The SMILES string of the molecule is CCCC1(COC)CCCN1C(=O)c1scnc1C1CC1. The van der Waals surface area contributed by atoms with E-state index < -0.39 is 0 Å². The number of thiazole rings is 1. The molecular weight excluding hydrogens is 284 g/mol. The molecule has 0 bridgehead atoms. The molecule has 1 aromatic rings. The molecule has 1 aliphatic carbocycles. The summed E-state index contributed by atoms with van der Waals surface area (Å²) in [6.45, 7) is 3.68. The average molecular weight is 308 g/mol. The van der Waals surface area contributed by atoms with E-state index in [-0.39, 0.29) is 11.4 Å². The lowest BCUT2D eigenvalue weighted by molar-refractivity contribution is 0.0257. The summed E-state index contributed by atoms with van der Waals surface area (Å²) in [4.78, 5) is 20.5. The number of nitrogens with zero attached hydrogens (tertiary/aromatic N) is 2. The van der Waals surface area contributed by atoms with E-state index in [0.717, 1.165) is 42.8 Å². The Labute approximate surface area is 130 Å². The molecule has 2 heterocycles. The summed E-state index contributed by atoms with van der Waals surface area (Å²) < 4.78 is 5.46. The lowest BCUT2D eigenvalue weighted by Gasteiger charge is -2.38. The van der Waals surface area contributed by atoms with E-state index in [1.54, 1.807) is 7.11 Å². The van der Waals surface area contributed by atoms with Crippen LogP contribution < -0.4 is 0 Å². The zero-order valence-corrected chi connectivity index (χ0v) is 13.7. The third-order valence-corrected chi connectivity index (χ3v) is 5.55. The Bertz CT molecular complexity index is 504. The number of carbonyl (C=O) groups excluding carboxylic acids is 1. The minimum Gasteiger partial charge on any atom is -0.382 e. The summed E-state index contributed by atoms with van der Waals surface area (Å²) in [5.74, 6) is 0.711. The number of aromatic nitrogens is 1. The molecule has 0 spiro atoms. The molecular formula is C16H24N2O2S. The van der Waals surface area contributed by atoms with Crippen LogP contribution in [0.1, 0.15) is 66.7 Å². The Morgan fingerprint density at radius 1 is 1.57 bits per heavy atom. The molecule has 3 rings (SSSR count). The van der Waals surface area contributed by atoms with Gasteiger partial charge < -0.3 is 9.64 Å². The number of likely N-dealkylation sites (tertiary alicyclic amines) is 1. The zero-order chi connectivity index (χ0) is 14.9. The number of ether oxygens (including phenoxy) is 1. The number of hydrogen-bond donors (Lipinski definition) is 0. The topological polar surface area (TPSA) is 42.4 Å². The molecule has 1 saturated heterocycles. The smallest absolute Gasteiger partial charge is 0.266 e. The largest absolute Gasteiger partial charge is 0.382 e. The van der Waals surface area contributed by atoms with Crippen LogP contribution in [0.25, 0.3) is 0 Å². The molecule has 21 heavy (non-hydrogen) atoms. The van der Waals surface area contributed by atoms with Crippen molar-refractivity contribution in [2.75, 3.05) is 20.3 Å². The van der Waals surface area contributed by atoms with Gasteiger partial charge in [-0.25, -0.2) is 4.98 Å². The van der Waals surface area contributed by atoms with Crippen molar-refractivity contribution in [1.82, 2.24) is 9.88 Å². The number of carbonyl (C=O) groups is 1.